The van der Waals surface area contributed by atoms with E-state index in [0.717, 1.165) is 19.3 Å². The second-order valence-corrected chi connectivity index (χ2v) is 4.58. The molecule has 8 heteroatoms. The van der Waals surface area contributed by atoms with Gasteiger partial charge in [0.2, 0.25) is 11.2 Å². The van der Waals surface area contributed by atoms with Gasteiger partial charge in [0, 0.05) is 0 Å². The van der Waals surface area contributed by atoms with E-state index in [1.54, 1.807) is 0 Å². The molecular weight excluding hydrogens is 260 g/mol. The maximum absolute atomic E-state index is 10.8. The predicted octanol–water partition coefficient (Wildman–Crippen LogP) is 1.34. The molecule has 1 fully saturated rings. The van der Waals surface area contributed by atoms with E-state index in [2.05, 4.69) is 20.3 Å². The third-order valence-corrected chi connectivity index (χ3v) is 3.12. The minimum Gasteiger partial charge on any atom is -0.481 e. The number of nitrogens with zero attached hydrogens (tertiary/aromatic N) is 3. The number of rotatable bonds is 5. The lowest BCUT2D eigenvalue weighted by molar-refractivity contribution is -0.138. The molecule has 98 valence electrons. The van der Waals surface area contributed by atoms with Crippen LogP contribution in [0.15, 0.2) is 0 Å². The summed E-state index contributed by atoms with van der Waals surface area (Å²) in [7, 11) is 1.42. The molecule has 0 saturated heterocycles. The largest absolute Gasteiger partial charge is 0.481 e. The molecule has 0 bridgehead atoms. The zero-order valence-electron chi connectivity index (χ0n) is 9.81. The highest BCUT2D eigenvalue weighted by atomic mass is 35.5. The molecule has 0 atom stereocenters. The van der Waals surface area contributed by atoms with Crippen LogP contribution in [0.1, 0.15) is 25.7 Å². The van der Waals surface area contributed by atoms with Gasteiger partial charge in [-0.25, -0.2) is 0 Å². The number of halogens is 1. The number of aliphatic carboxylic acids is 1. The molecule has 1 heterocycles. The summed E-state index contributed by atoms with van der Waals surface area (Å²) >= 11 is 5.73. The van der Waals surface area contributed by atoms with Crippen molar-refractivity contribution in [3.05, 3.63) is 5.28 Å². The zero-order chi connectivity index (χ0) is 13.2. The van der Waals surface area contributed by atoms with Crippen LogP contribution in [-0.2, 0) is 4.79 Å². The summed E-state index contributed by atoms with van der Waals surface area (Å²) in [5.41, 5.74) is -0.485. The summed E-state index contributed by atoms with van der Waals surface area (Å²) in [5, 5.41) is 11.9. The van der Waals surface area contributed by atoms with Crippen molar-refractivity contribution < 1.29 is 14.6 Å². The van der Waals surface area contributed by atoms with E-state index in [0.29, 0.717) is 0 Å². The number of carbonyl (C=O) groups is 1. The van der Waals surface area contributed by atoms with Crippen LogP contribution in [0.25, 0.3) is 0 Å². The van der Waals surface area contributed by atoms with Gasteiger partial charge < -0.3 is 15.2 Å². The van der Waals surface area contributed by atoms with E-state index in [4.69, 9.17) is 21.4 Å². The Balaban J connectivity index is 2.16. The van der Waals surface area contributed by atoms with E-state index < -0.39 is 11.5 Å². The van der Waals surface area contributed by atoms with E-state index in [-0.39, 0.29) is 23.7 Å². The second-order valence-electron chi connectivity index (χ2n) is 4.24. The average molecular weight is 273 g/mol. The minimum absolute atomic E-state index is 0.00847. The lowest BCUT2D eigenvalue weighted by Gasteiger charge is -2.41. The van der Waals surface area contributed by atoms with Gasteiger partial charge in [0.1, 0.15) is 0 Å². The Kier molecular flexibility index (Phi) is 3.51. The fourth-order valence-corrected chi connectivity index (χ4v) is 2.11. The van der Waals surface area contributed by atoms with E-state index in [9.17, 15) is 4.79 Å². The molecule has 1 aromatic rings. The first-order chi connectivity index (χ1) is 8.53. The third kappa shape index (κ3) is 2.79. The van der Waals surface area contributed by atoms with E-state index in [1.807, 2.05) is 0 Å². The minimum atomic E-state index is -0.852. The molecule has 0 amide bonds. The molecular formula is C10H13ClN4O3. The lowest BCUT2D eigenvalue weighted by atomic mass is 9.74. The second kappa shape index (κ2) is 4.93. The maximum Gasteiger partial charge on any atom is 0.322 e. The zero-order valence-corrected chi connectivity index (χ0v) is 10.6. The SMILES string of the molecule is COc1nc(Cl)nc(NC2(CC(=O)O)CCC2)n1. The van der Waals surface area contributed by atoms with Crippen molar-refractivity contribution in [2.75, 3.05) is 12.4 Å². The predicted molar refractivity (Wildman–Crippen MR) is 63.8 cm³/mol. The molecule has 0 unspecified atom stereocenters. The Morgan fingerprint density at radius 3 is 2.72 bits per heavy atom. The number of hydrogen-bond donors (Lipinski definition) is 2. The van der Waals surface area contributed by atoms with E-state index in [1.165, 1.54) is 7.11 Å². The molecule has 0 radical (unpaired) electrons. The Morgan fingerprint density at radius 2 is 2.22 bits per heavy atom. The normalized spacial score (nSPS) is 16.8. The molecule has 0 aliphatic heterocycles. The quantitative estimate of drug-likeness (QED) is 0.835. The van der Waals surface area contributed by atoms with Gasteiger partial charge in [0.25, 0.3) is 0 Å². The Bertz CT molecular complexity index is 464. The summed E-state index contributed by atoms with van der Waals surface area (Å²) < 4.78 is 4.88. The summed E-state index contributed by atoms with van der Waals surface area (Å²) in [6.45, 7) is 0. The number of aromatic nitrogens is 3. The van der Waals surface area contributed by atoms with Crippen LogP contribution in [0.5, 0.6) is 6.01 Å². The van der Waals surface area contributed by atoms with Crippen LogP contribution >= 0.6 is 11.6 Å². The molecule has 1 saturated carbocycles. The van der Waals surface area contributed by atoms with Crippen molar-refractivity contribution >= 4 is 23.5 Å². The number of hydrogen-bond acceptors (Lipinski definition) is 6. The topological polar surface area (TPSA) is 97.2 Å². The smallest absolute Gasteiger partial charge is 0.322 e. The van der Waals surface area contributed by atoms with Gasteiger partial charge in [-0.15, -0.1) is 0 Å². The summed E-state index contributed by atoms with van der Waals surface area (Å²) in [6.07, 6.45) is 2.55. The average Bonchev–Trinajstić information content (AvgIpc) is 2.24. The molecule has 2 rings (SSSR count). The Hall–Kier alpha value is -1.63. The van der Waals surface area contributed by atoms with E-state index >= 15 is 0 Å². The van der Waals surface area contributed by atoms with Crippen LogP contribution in [0, 0.1) is 0 Å². The maximum atomic E-state index is 10.8. The molecule has 1 aliphatic carbocycles. The van der Waals surface area contributed by atoms with Crippen LogP contribution in [0.2, 0.25) is 5.28 Å². The van der Waals surface area contributed by atoms with Gasteiger partial charge in [0.05, 0.1) is 19.1 Å². The molecule has 1 aliphatic rings. The van der Waals surface area contributed by atoms with Gasteiger partial charge >= 0.3 is 12.0 Å². The van der Waals surface area contributed by atoms with Crippen LogP contribution in [-0.4, -0.2) is 38.7 Å². The van der Waals surface area contributed by atoms with Crippen LogP contribution in [0.3, 0.4) is 0 Å². The summed E-state index contributed by atoms with van der Waals surface area (Å²) in [4.78, 5) is 22.5. The first-order valence-corrected chi connectivity index (χ1v) is 5.86. The van der Waals surface area contributed by atoms with Crippen molar-refractivity contribution in [3.8, 4) is 6.01 Å². The molecule has 18 heavy (non-hydrogen) atoms. The monoisotopic (exact) mass is 272 g/mol. The molecule has 2 N–H and O–H groups in total. The molecule has 7 nitrogen and oxygen atoms in total. The number of anilines is 1. The first-order valence-electron chi connectivity index (χ1n) is 5.48. The fourth-order valence-electron chi connectivity index (χ4n) is 1.96. The van der Waals surface area contributed by atoms with Crippen molar-refractivity contribution in [1.29, 1.82) is 0 Å². The van der Waals surface area contributed by atoms with Gasteiger partial charge in [-0.3, -0.25) is 4.79 Å². The molecule has 0 aromatic carbocycles. The van der Waals surface area contributed by atoms with Crippen molar-refractivity contribution in [1.82, 2.24) is 15.0 Å². The van der Waals surface area contributed by atoms with Crippen LogP contribution in [0.4, 0.5) is 5.95 Å². The number of carboxylic acids is 1. The first kappa shape index (κ1) is 12.8. The van der Waals surface area contributed by atoms with Crippen molar-refractivity contribution in [3.63, 3.8) is 0 Å². The highest BCUT2D eigenvalue weighted by molar-refractivity contribution is 6.28. The summed E-state index contributed by atoms with van der Waals surface area (Å²) in [5.74, 6) is -0.609. The Morgan fingerprint density at radius 1 is 1.50 bits per heavy atom. The number of carboxylic acid groups (broad SMARTS) is 1. The standard InChI is InChI=1S/C10H13ClN4O3/c1-18-9-13-7(11)12-8(14-9)15-10(3-2-4-10)5-6(16)17/h2-5H2,1H3,(H,16,17)(H,12,13,14,15). The van der Waals surface area contributed by atoms with Gasteiger partial charge in [-0.1, -0.05) is 0 Å². The molecule has 0 spiro atoms. The van der Waals surface area contributed by atoms with Gasteiger partial charge in [-0.2, -0.15) is 15.0 Å². The van der Waals surface area contributed by atoms with Crippen LogP contribution < -0.4 is 10.1 Å². The Labute approximate surface area is 109 Å². The highest BCUT2D eigenvalue weighted by Crippen LogP contribution is 2.37. The lowest BCUT2D eigenvalue weighted by Crippen LogP contribution is -2.47. The van der Waals surface area contributed by atoms with Crippen molar-refractivity contribution in [2.24, 2.45) is 0 Å². The fraction of sp³-hybridized carbons (Fsp3) is 0.600. The van der Waals surface area contributed by atoms with Crippen molar-refractivity contribution in [2.45, 2.75) is 31.2 Å². The third-order valence-electron chi connectivity index (χ3n) is 2.95. The number of ether oxygens (including phenoxy) is 1. The van der Waals surface area contributed by atoms with Gasteiger partial charge in [-0.05, 0) is 30.9 Å². The number of nitrogens with one attached hydrogen (secondary N) is 1. The molecule has 1 aromatic heterocycles. The highest BCUT2D eigenvalue weighted by Gasteiger charge is 2.39. The summed E-state index contributed by atoms with van der Waals surface area (Å²) in [6, 6.07) is 0.0994. The number of methoxy groups -OCH3 is 1. The van der Waals surface area contributed by atoms with Gasteiger partial charge in [0.15, 0.2) is 0 Å².